The number of carbonyl (C=O) groups is 2. The Balaban J connectivity index is 0.00000137. The second kappa shape index (κ2) is 13.8. The molecule has 0 radical (unpaired) electrons. The highest BCUT2D eigenvalue weighted by Crippen LogP contribution is 2.39. The lowest BCUT2D eigenvalue weighted by atomic mass is 9.72. The summed E-state index contributed by atoms with van der Waals surface area (Å²) >= 11 is 2.85. The van der Waals surface area contributed by atoms with Crippen LogP contribution in [0.25, 0.3) is 0 Å². The maximum absolute atomic E-state index is 12.2. The van der Waals surface area contributed by atoms with Crippen molar-refractivity contribution in [3.05, 3.63) is 70.2 Å². The Morgan fingerprint density at radius 1 is 0.763 bits per heavy atom. The number of aromatic nitrogens is 6. The highest BCUT2D eigenvalue weighted by Gasteiger charge is 2.31. The highest BCUT2D eigenvalue weighted by molar-refractivity contribution is 7.15. The largest absolute Gasteiger partial charge is 0.300 e. The van der Waals surface area contributed by atoms with E-state index in [0.29, 0.717) is 22.1 Å². The van der Waals surface area contributed by atoms with E-state index in [0.717, 1.165) is 47.1 Å². The molecule has 4 aromatic heterocycles. The van der Waals surface area contributed by atoms with Crippen LogP contribution >= 0.6 is 22.7 Å². The molecule has 5 rings (SSSR count). The lowest BCUT2D eigenvalue weighted by Crippen LogP contribution is -2.27. The van der Waals surface area contributed by atoms with Gasteiger partial charge in [-0.3, -0.25) is 19.6 Å². The van der Waals surface area contributed by atoms with Gasteiger partial charge < -0.3 is 10.6 Å². The number of rotatable bonds is 10. The third-order valence-corrected chi connectivity index (χ3v) is 7.54. The summed E-state index contributed by atoms with van der Waals surface area (Å²) in [4.78, 5) is 32.7. The van der Waals surface area contributed by atoms with Gasteiger partial charge in [0.2, 0.25) is 22.1 Å². The molecule has 12 heteroatoms. The predicted octanol–water partition coefficient (Wildman–Crippen LogP) is 4.87. The first kappa shape index (κ1) is 27.4. The van der Waals surface area contributed by atoms with Crippen LogP contribution in [0.5, 0.6) is 0 Å². The van der Waals surface area contributed by atoms with E-state index in [4.69, 9.17) is 0 Å². The van der Waals surface area contributed by atoms with Crippen LogP contribution in [0.4, 0.5) is 10.3 Å². The van der Waals surface area contributed by atoms with Crippen molar-refractivity contribution in [2.45, 2.75) is 52.4 Å². The van der Waals surface area contributed by atoms with Gasteiger partial charge in [-0.25, -0.2) is 0 Å². The fraction of sp³-hybridized carbons (Fsp3) is 0.385. The molecule has 10 nitrogen and oxygen atoms in total. The Morgan fingerprint density at radius 2 is 1.21 bits per heavy atom. The average molecular weight is 555 g/mol. The van der Waals surface area contributed by atoms with E-state index in [-0.39, 0.29) is 27.5 Å². The van der Waals surface area contributed by atoms with Crippen LogP contribution < -0.4 is 10.6 Å². The number of nitrogens with one attached hydrogen (secondary N) is 2. The van der Waals surface area contributed by atoms with Gasteiger partial charge >= 0.3 is 0 Å². The molecule has 202 valence electrons. The minimum absolute atomic E-state index is 0. The van der Waals surface area contributed by atoms with E-state index in [1.165, 1.54) is 22.7 Å². The number of hydrogen-bond acceptors (Lipinski definition) is 10. The molecule has 1 saturated carbocycles. The third-order valence-electron chi connectivity index (χ3n) is 5.82. The molecule has 0 atom stereocenters. The van der Waals surface area contributed by atoms with Gasteiger partial charge in [0.1, 0.15) is 10.0 Å². The van der Waals surface area contributed by atoms with Gasteiger partial charge in [0.15, 0.2) is 0 Å². The molecule has 0 saturated heterocycles. The van der Waals surface area contributed by atoms with Crippen LogP contribution in [0.15, 0.2) is 48.8 Å². The molecule has 1 fully saturated rings. The summed E-state index contributed by atoms with van der Waals surface area (Å²) in [6, 6.07) is 11.0. The second-order valence-corrected chi connectivity index (χ2v) is 10.8. The molecule has 4 heterocycles. The van der Waals surface area contributed by atoms with E-state index in [9.17, 15) is 9.59 Å². The van der Waals surface area contributed by atoms with E-state index in [2.05, 4.69) is 41.0 Å². The Kier molecular flexibility index (Phi) is 9.93. The molecule has 4 aromatic rings. The summed E-state index contributed by atoms with van der Waals surface area (Å²) in [6.07, 6.45) is 7.64. The first-order valence-electron chi connectivity index (χ1n) is 12.6. The third kappa shape index (κ3) is 8.18. The minimum Gasteiger partial charge on any atom is -0.300 e. The second-order valence-electron chi connectivity index (χ2n) is 8.71. The van der Waals surface area contributed by atoms with Crippen LogP contribution in [-0.4, -0.2) is 42.2 Å². The molecule has 0 aliphatic heterocycles. The van der Waals surface area contributed by atoms with Crippen molar-refractivity contribution in [1.82, 2.24) is 30.4 Å². The SMILES string of the molecule is CC.O=C(Cc1ccccn1)Nc1nnc(CC2CC(Cc3nnc(NC(=O)Cc4ccccn4)s3)C2)s1.[HH].[HH]. The molecule has 38 heavy (non-hydrogen) atoms. The summed E-state index contributed by atoms with van der Waals surface area (Å²) in [5.41, 5.74) is 1.43. The van der Waals surface area contributed by atoms with E-state index in [1.807, 2.05) is 50.2 Å². The summed E-state index contributed by atoms with van der Waals surface area (Å²) in [7, 11) is 0. The van der Waals surface area contributed by atoms with Gasteiger partial charge in [0.25, 0.3) is 0 Å². The smallest absolute Gasteiger partial charge is 0.232 e. The van der Waals surface area contributed by atoms with Crippen molar-refractivity contribution in [1.29, 1.82) is 0 Å². The van der Waals surface area contributed by atoms with Crippen molar-refractivity contribution >= 4 is 44.8 Å². The summed E-state index contributed by atoms with van der Waals surface area (Å²) < 4.78 is 0. The lowest BCUT2D eigenvalue weighted by molar-refractivity contribution is -0.116. The molecular formula is C26H34N8O2S2. The normalized spacial score (nSPS) is 16.1. The zero-order valence-electron chi connectivity index (χ0n) is 21.3. The number of nitrogens with zero attached hydrogens (tertiary/aromatic N) is 6. The minimum atomic E-state index is -0.149. The molecule has 1 aliphatic rings. The molecule has 0 aromatic carbocycles. The quantitative estimate of drug-likeness (QED) is 0.283. The lowest BCUT2D eigenvalue weighted by Gasteiger charge is -2.34. The number of pyridine rings is 2. The zero-order chi connectivity index (χ0) is 26.7. The molecule has 0 spiro atoms. The average Bonchev–Trinajstić information content (AvgIpc) is 3.54. The van der Waals surface area contributed by atoms with Gasteiger partial charge in [0.05, 0.1) is 12.8 Å². The van der Waals surface area contributed by atoms with Crippen molar-refractivity contribution in [3.8, 4) is 0 Å². The molecule has 2 N–H and O–H groups in total. The number of amides is 2. The monoisotopic (exact) mass is 554 g/mol. The summed E-state index contributed by atoms with van der Waals surface area (Å²) in [5, 5.41) is 25.2. The maximum Gasteiger partial charge on any atom is 0.232 e. The fourth-order valence-electron chi connectivity index (χ4n) is 4.14. The first-order chi connectivity index (χ1) is 18.6. The van der Waals surface area contributed by atoms with Gasteiger partial charge in [-0.2, -0.15) is 0 Å². The van der Waals surface area contributed by atoms with Crippen LogP contribution in [0, 0.1) is 11.8 Å². The van der Waals surface area contributed by atoms with Crippen molar-refractivity contribution < 1.29 is 12.4 Å². The Labute approximate surface area is 232 Å². The molecule has 2 amide bonds. The van der Waals surface area contributed by atoms with Crippen LogP contribution in [0.1, 0.15) is 50.9 Å². The van der Waals surface area contributed by atoms with Gasteiger partial charge in [0, 0.05) is 39.5 Å². The van der Waals surface area contributed by atoms with Gasteiger partial charge in [-0.05, 0) is 48.9 Å². The highest BCUT2D eigenvalue weighted by atomic mass is 32.1. The number of hydrogen-bond donors (Lipinski definition) is 2. The number of carbonyl (C=O) groups excluding carboxylic acids is 2. The topological polar surface area (TPSA) is 136 Å². The van der Waals surface area contributed by atoms with E-state index < -0.39 is 0 Å². The molecule has 0 bridgehead atoms. The van der Waals surface area contributed by atoms with E-state index in [1.54, 1.807) is 12.4 Å². The Morgan fingerprint density at radius 3 is 1.61 bits per heavy atom. The fourth-order valence-corrected chi connectivity index (χ4v) is 5.88. The maximum atomic E-state index is 12.2. The first-order valence-corrected chi connectivity index (χ1v) is 14.3. The van der Waals surface area contributed by atoms with E-state index >= 15 is 0 Å². The Bertz CT molecular complexity index is 1220. The predicted molar refractivity (Wildman–Crippen MR) is 152 cm³/mol. The van der Waals surface area contributed by atoms with Crippen LogP contribution in [0.3, 0.4) is 0 Å². The van der Waals surface area contributed by atoms with Crippen molar-refractivity contribution in [2.24, 2.45) is 11.8 Å². The molecular weight excluding hydrogens is 520 g/mol. The van der Waals surface area contributed by atoms with Gasteiger partial charge in [-0.1, -0.05) is 48.7 Å². The molecule has 0 unspecified atom stereocenters. The van der Waals surface area contributed by atoms with Crippen molar-refractivity contribution in [2.75, 3.05) is 10.6 Å². The summed E-state index contributed by atoms with van der Waals surface area (Å²) in [5.74, 6) is 0.796. The summed E-state index contributed by atoms with van der Waals surface area (Å²) in [6.45, 7) is 4.00. The van der Waals surface area contributed by atoms with Crippen molar-refractivity contribution in [3.63, 3.8) is 0 Å². The van der Waals surface area contributed by atoms with Crippen LogP contribution in [-0.2, 0) is 35.3 Å². The Hall–Kier alpha value is -3.64. The number of anilines is 2. The standard InChI is InChI=1S/C24H24N8O2S2.C2H6.2H2/c33-19(13-17-5-1-3-7-25-17)27-23-31-29-21(35-23)11-15-9-16(10-15)12-22-30-32-24(36-22)28-20(34)14-18-6-2-4-8-26-18;1-2;;/h1-8,15-16H,9-14H2,(H,27,31,33)(H,28,32,34);1-2H3;2*1H. The molecule has 1 aliphatic carbocycles. The zero-order valence-corrected chi connectivity index (χ0v) is 23.0. The van der Waals surface area contributed by atoms with Crippen LogP contribution in [0.2, 0.25) is 0 Å². The van der Waals surface area contributed by atoms with Gasteiger partial charge in [-0.15, -0.1) is 20.4 Å².